The number of rotatable bonds is 7. The number of imidazole rings is 1. The summed E-state index contributed by atoms with van der Waals surface area (Å²) in [7, 11) is 0. The van der Waals surface area contributed by atoms with Gasteiger partial charge in [-0.25, -0.2) is 9.78 Å². The Morgan fingerprint density at radius 1 is 1.20 bits per heavy atom. The number of carbonyl (C=O) groups excluding carboxylic acids is 1. The molecule has 5 nitrogen and oxygen atoms in total. The second-order valence-electron chi connectivity index (χ2n) is 4.82. The van der Waals surface area contributed by atoms with Crippen LogP contribution in [0.3, 0.4) is 0 Å². The molecule has 0 saturated carbocycles. The highest BCUT2D eigenvalue weighted by Crippen LogP contribution is 2.11. The second kappa shape index (κ2) is 7.53. The number of carbonyl (C=O) groups is 1. The molecule has 2 amide bonds. The zero-order valence-electron chi connectivity index (χ0n) is 11.9. The molecule has 1 aromatic carbocycles. The first-order valence-electron chi connectivity index (χ1n) is 7.23. The van der Waals surface area contributed by atoms with E-state index in [9.17, 15) is 4.79 Å². The average molecular weight is 274 g/mol. The van der Waals surface area contributed by atoms with Crippen LogP contribution >= 0.6 is 0 Å². The highest BCUT2D eigenvalue weighted by Gasteiger charge is 2.02. The average Bonchev–Trinajstić information content (AvgIpc) is 2.87. The van der Waals surface area contributed by atoms with Crippen molar-refractivity contribution in [2.24, 2.45) is 0 Å². The fourth-order valence-corrected chi connectivity index (χ4v) is 2.08. The lowest BCUT2D eigenvalue weighted by molar-refractivity contribution is 0.240. The van der Waals surface area contributed by atoms with Gasteiger partial charge in [-0.2, -0.15) is 0 Å². The topological polar surface area (TPSA) is 59.0 Å². The number of fused-ring (bicyclic) bond motifs is 1. The Labute approximate surface area is 119 Å². The van der Waals surface area contributed by atoms with Gasteiger partial charge in [-0.1, -0.05) is 25.5 Å². The van der Waals surface area contributed by atoms with E-state index in [2.05, 4.69) is 33.2 Å². The third-order valence-electron chi connectivity index (χ3n) is 3.20. The van der Waals surface area contributed by atoms with E-state index < -0.39 is 0 Å². The molecule has 0 aliphatic heterocycles. The number of nitrogens with one attached hydrogen (secondary N) is 2. The number of para-hydroxylation sites is 2. The molecule has 5 heteroatoms. The number of urea groups is 1. The van der Waals surface area contributed by atoms with Crippen LogP contribution in [0.15, 0.2) is 30.6 Å². The lowest BCUT2D eigenvalue weighted by Crippen LogP contribution is -2.36. The van der Waals surface area contributed by atoms with Crippen LogP contribution in [-0.2, 0) is 6.54 Å². The first kappa shape index (κ1) is 14.4. The molecule has 1 aromatic heterocycles. The van der Waals surface area contributed by atoms with Gasteiger partial charge in [0, 0.05) is 19.6 Å². The fourth-order valence-electron chi connectivity index (χ4n) is 2.08. The van der Waals surface area contributed by atoms with Crippen LogP contribution in [0.2, 0.25) is 0 Å². The molecule has 0 aliphatic carbocycles. The van der Waals surface area contributed by atoms with Crippen molar-refractivity contribution >= 4 is 17.1 Å². The van der Waals surface area contributed by atoms with Crippen LogP contribution in [0.1, 0.15) is 26.2 Å². The van der Waals surface area contributed by atoms with Crippen LogP contribution in [0.5, 0.6) is 0 Å². The predicted octanol–water partition coefficient (Wildman–Crippen LogP) is 2.53. The number of aryl methyl sites for hydroxylation is 1. The van der Waals surface area contributed by atoms with Crippen molar-refractivity contribution in [1.82, 2.24) is 20.2 Å². The van der Waals surface area contributed by atoms with Crippen LogP contribution in [-0.4, -0.2) is 28.7 Å². The monoisotopic (exact) mass is 274 g/mol. The standard InChI is InChI=1S/C15H22N4O/c1-2-3-9-16-15(20)17-10-6-11-19-12-18-13-7-4-5-8-14(13)19/h4-5,7-8,12H,2-3,6,9-11H2,1H3,(H2,16,17,20). The zero-order valence-corrected chi connectivity index (χ0v) is 11.9. The quantitative estimate of drug-likeness (QED) is 0.762. The first-order chi connectivity index (χ1) is 9.81. The molecule has 0 spiro atoms. The van der Waals surface area contributed by atoms with Gasteiger partial charge in [-0.15, -0.1) is 0 Å². The molecule has 1 heterocycles. The van der Waals surface area contributed by atoms with Gasteiger partial charge in [0.15, 0.2) is 0 Å². The zero-order chi connectivity index (χ0) is 14.2. The van der Waals surface area contributed by atoms with E-state index in [1.165, 1.54) is 0 Å². The highest BCUT2D eigenvalue weighted by molar-refractivity contribution is 5.75. The van der Waals surface area contributed by atoms with Crippen molar-refractivity contribution in [2.75, 3.05) is 13.1 Å². The summed E-state index contributed by atoms with van der Waals surface area (Å²) in [5.74, 6) is 0. The Kier molecular flexibility index (Phi) is 5.41. The lowest BCUT2D eigenvalue weighted by Gasteiger charge is -2.08. The molecule has 2 rings (SSSR count). The molecule has 0 fully saturated rings. The Balaban J connectivity index is 1.70. The number of aromatic nitrogens is 2. The molecular formula is C15H22N4O. The highest BCUT2D eigenvalue weighted by atomic mass is 16.2. The first-order valence-corrected chi connectivity index (χ1v) is 7.23. The minimum absolute atomic E-state index is 0.0751. The van der Waals surface area contributed by atoms with Gasteiger partial charge in [0.2, 0.25) is 0 Å². The SMILES string of the molecule is CCCCNC(=O)NCCCn1cnc2ccccc21. The van der Waals surface area contributed by atoms with Crippen molar-refractivity contribution in [3.8, 4) is 0 Å². The molecule has 20 heavy (non-hydrogen) atoms. The normalized spacial score (nSPS) is 10.7. The number of amides is 2. The van der Waals surface area contributed by atoms with E-state index in [1.54, 1.807) is 0 Å². The molecular weight excluding hydrogens is 252 g/mol. The number of hydrogen-bond donors (Lipinski definition) is 2. The van der Waals surface area contributed by atoms with Gasteiger partial charge in [0.1, 0.15) is 0 Å². The van der Waals surface area contributed by atoms with E-state index in [0.29, 0.717) is 6.54 Å². The van der Waals surface area contributed by atoms with Crippen LogP contribution in [0, 0.1) is 0 Å². The minimum Gasteiger partial charge on any atom is -0.338 e. The van der Waals surface area contributed by atoms with E-state index in [0.717, 1.165) is 43.4 Å². The van der Waals surface area contributed by atoms with Crippen molar-refractivity contribution in [1.29, 1.82) is 0 Å². The number of hydrogen-bond acceptors (Lipinski definition) is 2. The van der Waals surface area contributed by atoms with Crippen molar-refractivity contribution < 1.29 is 4.79 Å². The maximum atomic E-state index is 11.5. The summed E-state index contributed by atoms with van der Waals surface area (Å²) in [6, 6.07) is 7.99. The summed E-state index contributed by atoms with van der Waals surface area (Å²) < 4.78 is 2.12. The number of unbranched alkanes of at least 4 members (excludes halogenated alkanes) is 1. The third kappa shape index (κ3) is 3.98. The van der Waals surface area contributed by atoms with Crippen LogP contribution in [0.4, 0.5) is 4.79 Å². The molecule has 2 N–H and O–H groups in total. The van der Waals surface area contributed by atoms with E-state index >= 15 is 0 Å². The Morgan fingerprint density at radius 3 is 2.75 bits per heavy atom. The van der Waals surface area contributed by atoms with Gasteiger partial charge in [0.05, 0.1) is 17.4 Å². The smallest absolute Gasteiger partial charge is 0.314 e. The van der Waals surface area contributed by atoms with Crippen molar-refractivity contribution in [3.05, 3.63) is 30.6 Å². The summed E-state index contributed by atoms with van der Waals surface area (Å²) in [4.78, 5) is 15.8. The maximum absolute atomic E-state index is 11.5. The van der Waals surface area contributed by atoms with Crippen LogP contribution in [0.25, 0.3) is 11.0 Å². The summed E-state index contributed by atoms with van der Waals surface area (Å²) in [5, 5.41) is 5.71. The summed E-state index contributed by atoms with van der Waals surface area (Å²) in [6.45, 7) is 4.38. The summed E-state index contributed by atoms with van der Waals surface area (Å²) in [5.41, 5.74) is 2.15. The Hall–Kier alpha value is -2.04. The number of benzene rings is 1. The minimum atomic E-state index is -0.0751. The van der Waals surface area contributed by atoms with Gasteiger partial charge >= 0.3 is 6.03 Å². The van der Waals surface area contributed by atoms with Gasteiger partial charge < -0.3 is 15.2 Å². The van der Waals surface area contributed by atoms with Crippen molar-refractivity contribution in [3.63, 3.8) is 0 Å². The maximum Gasteiger partial charge on any atom is 0.314 e. The molecule has 0 unspecified atom stereocenters. The number of nitrogens with zero attached hydrogens (tertiary/aromatic N) is 2. The molecule has 0 radical (unpaired) electrons. The van der Waals surface area contributed by atoms with E-state index in [-0.39, 0.29) is 6.03 Å². The van der Waals surface area contributed by atoms with Gasteiger partial charge in [-0.3, -0.25) is 0 Å². The Bertz CT molecular complexity index is 550. The summed E-state index contributed by atoms with van der Waals surface area (Å²) in [6.07, 6.45) is 4.86. The molecule has 108 valence electrons. The second-order valence-corrected chi connectivity index (χ2v) is 4.82. The third-order valence-corrected chi connectivity index (χ3v) is 3.20. The Morgan fingerprint density at radius 2 is 1.95 bits per heavy atom. The lowest BCUT2D eigenvalue weighted by atomic mass is 10.3. The molecule has 0 saturated heterocycles. The molecule has 0 aliphatic rings. The molecule has 0 bridgehead atoms. The van der Waals surface area contributed by atoms with E-state index in [1.807, 2.05) is 24.5 Å². The van der Waals surface area contributed by atoms with Crippen LogP contribution < -0.4 is 10.6 Å². The predicted molar refractivity (Wildman–Crippen MR) is 80.7 cm³/mol. The summed E-state index contributed by atoms with van der Waals surface area (Å²) >= 11 is 0. The fraction of sp³-hybridized carbons (Fsp3) is 0.467. The molecule has 0 atom stereocenters. The van der Waals surface area contributed by atoms with Gasteiger partial charge in [-0.05, 0) is 25.0 Å². The van der Waals surface area contributed by atoms with Gasteiger partial charge in [0.25, 0.3) is 0 Å². The molecule has 2 aromatic rings. The largest absolute Gasteiger partial charge is 0.338 e. The van der Waals surface area contributed by atoms with E-state index in [4.69, 9.17) is 0 Å². The van der Waals surface area contributed by atoms with Crippen molar-refractivity contribution in [2.45, 2.75) is 32.7 Å².